The lowest BCUT2D eigenvalue weighted by atomic mass is 10.1. The van der Waals surface area contributed by atoms with Gasteiger partial charge in [0.05, 0.1) is 0 Å². The van der Waals surface area contributed by atoms with Gasteiger partial charge in [-0.15, -0.1) is 11.3 Å². The Morgan fingerprint density at radius 1 is 1.16 bits per heavy atom. The molecule has 0 spiro atoms. The SMILES string of the molecule is CCc1ccc(C(C)NC(C)c2cccc(Br)c2)s1. The second-order valence-corrected chi connectivity index (χ2v) is 6.94. The van der Waals surface area contributed by atoms with E-state index in [-0.39, 0.29) is 0 Å². The maximum Gasteiger partial charge on any atom is 0.0391 e. The Hall–Kier alpha value is -0.640. The first-order valence-corrected chi connectivity index (χ1v) is 8.31. The summed E-state index contributed by atoms with van der Waals surface area (Å²) in [7, 11) is 0. The number of thiophene rings is 1. The Kier molecular flexibility index (Phi) is 5.20. The third-order valence-corrected chi connectivity index (χ3v) is 5.21. The Morgan fingerprint density at radius 3 is 2.58 bits per heavy atom. The van der Waals surface area contributed by atoms with Crippen molar-refractivity contribution in [1.82, 2.24) is 5.32 Å². The minimum atomic E-state index is 0.347. The molecule has 0 aliphatic rings. The number of hydrogen-bond donors (Lipinski definition) is 1. The second-order valence-electron chi connectivity index (χ2n) is 4.82. The van der Waals surface area contributed by atoms with Gasteiger partial charge in [0.2, 0.25) is 0 Å². The molecule has 0 saturated heterocycles. The van der Waals surface area contributed by atoms with Crippen LogP contribution in [-0.4, -0.2) is 0 Å². The molecule has 0 saturated carbocycles. The summed E-state index contributed by atoms with van der Waals surface area (Å²) in [5.41, 5.74) is 1.31. The first-order valence-electron chi connectivity index (χ1n) is 6.70. The van der Waals surface area contributed by atoms with Crippen LogP contribution in [0.5, 0.6) is 0 Å². The minimum absolute atomic E-state index is 0.347. The van der Waals surface area contributed by atoms with E-state index in [0.29, 0.717) is 12.1 Å². The van der Waals surface area contributed by atoms with Gasteiger partial charge in [-0.3, -0.25) is 0 Å². The number of hydrogen-bond acceptors (Lipinski definition) is 2. The van der Waals surface area contributed by atoms with Crippen LogP contribution in [0.3, 0.4) is 0 Å². The van der Waals surface area contributed by atoms with Crippen LogP contribution < -0.4 is 5.32 Å². The van der Waals surface area contributed by atoms with Crippen LogP contribution in [0.4, 0.5) is 0 Å². The first-order chi connectivity index (χ1) is 9.10. The summed E-state index contributed by atoms with van der Waals surface area (Å²) in [5, 5.41) is 3.67. The number of nitrogens with one attached hydrogen (secondary N) is 1. The van der Waals surface area contributed by atoms with Gasteiger partial charge in [0.1, 0.15) is 0 Å². The predicted molar refractivity (Wildman–Crippen MR) is 87.8 cm³/mol. The fourth-order valence-corrected chi connectivity index (χ4v) is 3.53. The van der Waals surface area contributed by atoms with Crippen LogP contribution >= 0.6 is 27.3 Å². The van der Waals surface area contributed by atoms with Gasteiger partial charge in [0, 0.05) is 26.3 Å². The van der Waals surface area contributed by atoms with E-state index in [4.69, 9.17) is 0 Å². The molecule has 2 unspecified atom stereocenters. The molecule has 0 fully saturated rings. The normalized spacial score (nSPS) is 14.3. The Labute approximate surface area is 128 Å². The lowest BCUT2D eigenvalue weighted by molar-refractivity contribution is 0.500. The van der Waals surface area contributed by atoms with Crippen molar-refractivity contribution in [3.8, 4) is 0 Å². The zero-order chi connectivity index (χ0) is 13.8. The van der Waals surface area contributed by atoms with Gasteiger partial charge >= 0.3 is 0 Å². The fourth-order valence-electron chi connectivity index (χ4n) is 2.15. The van der Waals surface area contributed by atoms with Crippen molar-refractivity contribution in [3.05, 3.63) is 56.2 Å². The van der Waals surface area contributed by atoms with E-state index in [0.717, 1.165) is 10.9 Å². The molecule has 0 aliphatic carbocycles. The van der Waals surface area contributed by atoms with Crippen molar-refractivity contribution >= 4 is 27.3 Å². The second kappa shape index (κ2) is 6.69. The average molecular weight is 338 g/mol. The van der Waals surface area contributed by atoms with Gasteiger partial charge < -0.3 is 5.32 Å². The maximum absolute atomic E-state index is 3.67. The van der Waals surface area contributed by atoms with Crippen LogP contribution in [0.2, 0.25) is 0 Å². The van der Waals surface area contributed by atoms with Gasteiger partial charge in [0.15, 0.2) is 0 Å². The van der Waals surface area contributed by atoms with Crippen molar-refractivity contribution in [2.45, 2.75) is 39.3 Å². The molecule has 2 aromatic rings. The Bertz CT molecular complexity index is 535. The molecule has 2 atom stereocenters. The van der Waals surface area contributed by atoms with Crippen LogP contribution in [0, 0.1) is 0 Å². The van der Waals surface area contributed by atoms with E-state index >= 15 is 0 Å². The third-order valence-electron chi connectivity index (χ3n) is 3.31. The quantitative estimate of drug-likeness (QED) is 0.761. The summed E-state index contributed by atoms with van der Waals surface area (Å²) in [6.07, 6.45) is 1.12. The number of benzene rings is 1. The monoisotopic (exact) mass is 337 g/mol. The molecule has 0 amide bonds. The van der Waals surface area contributed by atoms with Crippen LogP contribution in [0.15, 0.2) is 40.9 Å². The van der Waals surface area contributed by atoms with E-state index in [1.807, 2.05) is 11.3 Å². The van der Waals surface area contributed by atoms with Gasteiger partial charge in [-0.2, -0.15) is 0 Å². The van der Waals surface area contributed by atoms with Crippen molar-refractivity contribution in [3.63, 3.8) is 0 Å². The van der Waals surface area contributed by atoms with Crippen molar-refractivity contribution < 1.29 is 0 Å². The summed E-state index contributed by atoms with van der Waals surface area (Å²) in [5.74, 6) is 0. The molecule has 0 bridgehead atoms. The zero-order valence-electron chi connectivity index (χ0n) is 11.6. The van der Waals surface area contributed by atoms with Crippen molar-refractivity contribution in [1.29, 1.82) is 0 Å². The van der Waals surface area contributed by atoms with E-state index in [1.54, 1.807) is 0 Å². The fraction of sp³-hybridized carbons (Fsp3) is 0.375. The van der Waals surface area contributed by atoms with E-state index < -0.39 is 0 Å². The molecular weight excluding hydrogens is 318 g/mol. The van der Waals surface area contributed by atoms with Crippen LogP contribution in [0.25, 0.3) is 0 Å². The molecule has 102 valence electrons. The molecular formula is C16H20BrNS. The maximum atomic E-state index is 3.67. The smallest absolute Gasteiger partial charge is 0.0391 e. The summed E-state index contributed by atoms with van der Waals surface area (Å²) in [6, 6.07) is 13.7. The third kappa shape index (κ3) is 3.91. The van der Waals surface area contributed by atoms with Gasteiger partial charge in [-0.05, 0) is 50.1 Å². The molecule has 1 nitrogen and oxygen atoms in total. The minimum Gasteiger partial charge on any atom is -0.303 e. The summed E-state index contributed by atoms with van der Waals surface area (Å²) in [4.78, 5) is 2.87. The zero-order valence-corrected chi connectivity index (χ0v) is 14.0. The predicted octanol–water partition coefficient (Wildman–Crippen LogP) is 5.48. The molecule has 1 aromatic carbocycles. The molecule has 1 aromatic heterocycles. The van der Waals surface area contributed by atoms with Crippen molar-refractivity contribution in [2.24, 2.45) is 0 Å². The molecule has 19 heavy (non-hydrogen) atoms. The molecule has 2 rings (SSSR count). The topological polar surface area (TPSA) is 12.0 Å². The highest BCUT2D eigenvalue weighted by molar-refractivity contribution is 9.10. The lowest BCUT2D eigenvalue weighted by Crippen LogP contribution is -2.21. The largest absolute Gasteiger partial charge is 0.303 e. The first kappa shape index (κ1) is 14.8. The molecule has 1 heterocycles. The summed E-state index contributed by atoms with van der Waals surface area (Å²) >= 11 is 5.44. The van der Waals surface area contributed by atoms with E-state index in [1.165, 1.54) is 15.3 Å². The molecule has 0 radical (unpaired) electrons. The summed E-state index contributed by atoms with van der Waals surface area (Å²) in [6.45, 7) is 6.66. The molecule has 0 aliphatic heterocycles. The summed E-state index contributed by atoms with van der Waals surface area (Å²) < 4.78 is 1.13. The lowest BCUT2D eigenvalue weighted by Gasteiger charge is -2.19. The Morgan fingerprint density at radius 2 is 1.95 bits per heavy atom. The van der Waals surface area contributed by atoms with Gasteiger partial charge in [-0.1, -0.05) is 35.0 Å². The van der Waals surface area contributed by atoms with Crippen molar-refractivity contribution in [2.75, 3.05) is 0 Å². The molecule has 3 heteroatoms. The number of halogens is 1. The van der Waals surface area contributed by atoms with Gasteiger partial charge in [0.25, 0.3) is 0 Å². The highest BCUT2D eigenvalue weighted by atomic mass is 79.9. The Balaban J connectivity index is 2.03. The molecule has 1 N–H and O–H groups in total. The van der Waals surface area contributed by atoms with Crippen LogP contribution in [-0.2, 0) is 6.42 Å². The number of aryl methyl sites for hydroxylation is 1. The van der Waals surface area contributed by atoms with Gasteiger partial charge in [-0.25, -0.2) is 0 Å². The van der Waals surface area contributed by atoms with Crippen LogP contribution in [0.1, 0.15) is 48.2 Å². The highest BCUT2D eigenvalue weighted by Gasteiger charge is 2.12. The standard InChI is InChI=1S/C16H20BrNS/c1-4-15-8-9-16(19-15)12(3)18-11(2)13-6-5-7-14(17)10-13/h5-12,18H,4H2,1-3H3. The average Bonchev–Trinajstić information content (AvgIpc) is 2.87. The number of rotatable bonds is 5. The highest BCUT2D eigenvalue weighted by Crippen LogP contribution is 2.26. The van der Waals surface area contributed by atoms with E-state index in [9.17, 15) is 0 Å². The van der Waals surface area contributed by atoms with E-state index in [2.05, 4.69) is 78.4 Å².